The van der Waals surface area contributed by atoms with E-state index in [0.29, 0.717) is 18.1 Å². The van der Waals surface area contributed by atoms with Crippen molar-refractivity contribution in [2.45, 2.75) is 13.3 Å². The summed E-state index contributed by atoms with van der Waals surface area (Å²) in [6.07, 6.45) is 1.69. The largest absolute Gasteiger partial charge is 0.465 e. The summed E-state index contributed by atoms with van der Waals surface area (Å²) in [6.45, 7) is 1.89. The maximum absolute atomic E-state index is 11.6. The topological polar surface area (TPSA) is 81.4 Å². The maximum atomic E-state index is 11.6. The van der Waals surface area contributed by atoms with Gasteiger partial charge in [-0.2, -0.15) is 0 Å². The second-order valence-electron chi connectivity index (χ2n) is 3.88. The number of hydrogen-bond acceptors (Lipinski definition) is 6. The average molecular weight is 294 g/mol. The maximum Gasteiger partial charge on any atom is 0.325 e. The van der Waals surface area contributed by atoms with Gasteiger partial charge in [0.15, 0.2) is 10.8 Å². The number of carbonyl (C=O) groups excluding carboxylic acids is 2. The molecule has 1 N–H and O–H groups in total. The van der Waals surface area contributed by atoms with Crippen LogP contribution in [0.15, 0.2) is 28.2 Å². The van der Waals surface area contributed by atoms with Crippen molar-refractivity contribution in [1.82, 2.24) is 10.3 Å². The van der Waals surface area contributed by atoms with E-state index in [4.69, 9.17) is 9.15 Å². The Labute approximate surface area is 119 Å². The van der Waals surface area contributed by atoms with Crippen LogP contribution in [-0.2, 0) is 20.7 Å². The van der Waals surface area contributed by atoms with Crippen molar-refractivity contribution in [2.75, 3.05) is 13.2 Å². The third-order valence-corrected chi connectivity index (χ3v) is 3.27. The summed E-state index contributed by atoms with van der Waals surface area (Å²) in [5, 5.41) is 5.01. The number of aromatic nitrogens is 1. The van der Waals surface area contributed by atoms with Gasteiger partial charge < -0.3 is 14.5 Å². The van der Waals surface area contributed by atoms with E-state index in [1.165, 1.54) is 11.3 Å². The molecular weight excluding hydrogens is 280 g/mol. The Balaban J connectivity index is 1.84. The van der Waals surface area contributed by atoms with Gasteiger partial charge in [0.1, 0.15) is 6.54 Å². The Hall–Kier alpha value is -2.15. The SMILES string of the molecule is CCOC(=O)CNC(=O)Cc1csc(-c2ccco2)n1. The number of carbonyl (C=O) groups is 2. The van der Waals surface area contributed by atoms with Crippen molar-refractivity contribution in [3.8, 4) is 10.8 Å². The molecule has 0 bridgehead atoms. The molecule has 0 aliphatic carbocycles. The van der Waals surface area contributed by atoms with Crippen LogP contribution in [0, 0.1) is 0 Å². The van der Waals surface area contributed by atoms with Crippen molar-refractivity contribution in [2.24, 2.45) is 0 Å². The van der Waals surface area contributed by atoms with Gasteiger partial charge in [0.2, 0.25) is 5.91 Å². The van der Waals surface area contributed by atoms with Gasteiger partial charge in [-0.05, 0) is 19.1 Å². The second kappa shape index (κ2) is 6.85. The Kier molecular flexibility index (Phi) is 4.89. The summed E-state index contributed by atoms with van der Waals surface area (Å²) >= 11 is 1.41. The number of nitrogens with zero attached hydrogens (tertiary/aromatic N) is 1. The Morgan fingerprint density at radius 1 is 1.50 bits per heavy atom. The first-order valence-electron chi connectivity index (χ1n) is 6.09. The van der Waals surface area contributed by atoms with Gasteiger partial charge in [-0.25, -0.2) is 4.98 Å². The van der Waals surface area contributed by atoms with Crippen LogP contribution in [0.4, 0.5) is 0 Å². The van der Waals surface area contributed by atoms with E-state index in [2.05, 4.69) is 10.3 Å². The lowest BCUT2D eigenvalue weighted by atomic mass is 10.3. The van der Waals surface area contributed by atoms with E-state index in [-0.39, 0.29) is 18.9 Å². The molecule has 2 rings (SSSR count). The number of thiazole rings is 1. The van der Waals surface area contributed by atoms with E-state index in [1.807, 2.05) is 6.07 Å². The molecule has 1 amide bonds. The minimum atomic E-state index is -0.449. The first-order chi connectivity index (χ1) is 9.69. The molecule has 0 saturated carbocycles. The lowest BCUT2D eigenvalue weighted by Crippen LogP contribution is -2.31. The number of esters is 1. The molecule has 0 spiro atoms. The van der Waals surface area contributed by atoms with Gasteiger partial charge in [0.05, 0.1) is 25.0 Å². The minimum absolute atomic E-state index is 0.122. The molecule has 0 aliphatic heterocycles. The van der Waals surface area contributed by atoms with Gasteiger partial charge in [0, 0.05) is 5.38 Å². The Morgan fingerprint density at radius 2 is 2.35 bits per heavy atom. The molecule has 2 aromatic rings. The molecule has 7 heteroatoms. The van der Waals surface area contributed by atoms with Crippen molar-refractivity contribution >= 4 is 23.2 Å². The fourth-order valence-corrected chi connectivity index (χ4v) is 2.30. The standard InChI is InChI=1S/C13H14N2O4S/c1-2-18-12(17)7-14-11(16)6-9-8-20-13(15-9)10-4-3-5-19-10/h3-5,8H,2,6-7H2,1H3,(H,14,16). The number of hydrogen-bond donors (Lipinski definition) is 1. The molecule has 2 heterocycles. The molecule has 0 fully saturated rings. The molecule has 0 saturated heterocycles. The smallest absolute Gasteiger partial charge is 0.325 e. The monoisotopic (exact) mass is 294 g/mol. The third-order valence-electron chi connectivity index (χ3n) is 2.36. The van der Waals surface area contributed by atoms with Gasteiger partial charge in [-0.15, -0.1) is 11.3 Å². The van der Waals surface area contributed by atoms with Crippen LogP contribution >= 0.6 is 11.3 Å². The van der Waals surface area contributed by atoms with Crippen LogP contribution in [0.3, 0.4) is 0 Å². The second-order valence-corrected chi connectivity index (χ2v) is 4.74. The van der Waals surface area contributed by atoms with Crippen LogP contribution in [0.2, 0.25) is 0 Å². The summed E-state index contributed by atoms with van der Waals surface area (Å²) in [5.74, 6) is -0.0436. The zero-order chi connectivity index (χ0) is 14.4. The van der Waals surface area contributed by atoms with E-state index < -0.39 is 5.97 Å². The van der Waals surface area contributed by atoms with Crippen molar-refractivity contribution in [3.05, 3.63) is 29.5 Å². The molecule has 0 aliphatic rings. The number of amides is 1. The van der Waals surface area contributed by atoms with Crippen molar-refractivity contribution < 1.29 is 18.7 Å². The Bertz CT molecular complexity index is 577. The van der Waals surface area contributed by atoms with Crippen LogP contribution in [0.25, 0.3) is 10.8 Å². The van der Waals surface area contributed by atoms with E-state index in [1.54, 1.807) is 24.6 Å². The highest BCUT2D eigenvalue weighted by molar-refractivity contribution is 7.13. The van der Waals surface area contributed by atoms with Crippen molar-refractivity contribution in [3.63, 3.8) is 0 Å². The first-order valence-corrected chi connectivity index (χ1v) is 6.97. The Morgan fingerprint density at radius 3 is 3.05 bits per heavy atom. The lowest BCUT2D eigenvalue weighted by molar-refractivity contribution is -0.143. The number of nitrogens with one attached hydrogen (secondary N) is 1. The molecular formula is C13H14N2O4S. The van der Waals surface area contributed by atoms with Crippen molar-refractivity contribution in [1.29, 1.82) is 0 Å². The van der Waals surface area contributed by atoms with Gasteiger partial charge in [-0.3, -0.25) is 9.59 Å². The van der Waals surface area contributed by atoms with Crippen LogP contribution in [0.5, 0.6) is 0 Å². The highest BCUT2D eigenvalue weighted by Gasteiger charge is 2.11. The number of furan rings is 1. The number of rotatable bonds is 6. The molecule has 6 nitrogen and oxygen atoms in total. The highest BCUT2D eigenvalue weighted by atomic mass is 32.1. The molecule has 2 aromatic heterocycles. The zero-order valence-corrected chi connectivity index (χ0v) is 11.7. The van der Waals surface area contributed by atoms with E-state index >= 15 is 0 Å². The molecule has 20 heavy (non-hydrogen) atoms. The van der Waals surface area contributed by atoms with Gasteiger partial charge in [-0.1, -0.05) is 0 Å². The van der Waals surface area contributed by atoms with Gasteiger partial charge >= 0.3 is 5.97 Å². The van der Waals surface area contributed by atoms with Crippen LogP contribution in [-0.4, -0.2) is 30.0 Å². The fourth-order valence-electron chi connectivity index (χ4n) is 1.51. The van der Waals surface area contributed by atoms with E-state index in [9.17, 15) is 9.59 Å². The predicted molar refractivity (Wildman–Crippen MR) is 73.2 cm³/mol. The number of ether oxygens (including phenoxy) is 1. The lowest BCUT2D eigenvalue weighted by Gasteiger charge is -2.03. The molecule has 106 valence electrons. The predicted octanol–water partition coefficient (Wildman–Crippen LogP) is 1.62. The van der Waals surface area contributed by atoms with Crippen LogP contribution < -0.4 is 5.32 Å². The fraction of sp³-hybridized carbons (Fsp3) is 0.308. The zero-order valence-electron chi connectivity index (χ0n) is 10.9. The molecule has 0 atom stereocenters. The molecule has 0 radical (unpaired) electrons. The highest BCUT2D eigenvalue weighted by Crippen LogP contribution is 2.23. The first kappa shape index (κ1) is 14.3. The average Bonchev–Trinajstić information content (AvgIpc) is 3.07. The summed E-state index contributed by atoms with van der Waals surface area (Å²) in [4.78, 5) is 27.0. The summed E-state index contributed by atoms with van der Waals surface area (Å²) in [6, 6.07) is 3.59. The molecule has 0 unspecified atom stereocenters. The van der Waals surface area contributed by atoms with Gasteiger partial charge in [0.25, 0.3) is 0 Å². The van der Waals surface area contributed by atoms with E-state index in [0.717, 1.165) is 5.01 Å². The summed E-state index contributed by atoms with van der Waals surface area (Å²) in [5.41, 5.74) is 0.641. The third kappa shape index (κ3) is 3.92. The summed E-state index contributed by atoms with van der Waals surface area (Å²) in [7, 11) is 0. The molecule has 0 aromatic carbocycles. The van der Waals surface area contributed by atoms with Crippen LogP contribution in [0.1, 0.15) is 12.6 Å². The summed E-state index contributed by atoms with van der Waals surface area (Å²) < 4.78 is 9.95. The quantitative estimate of drug-likeness (QED) is 0.819. The minimum Gasteiger partial charge on any atom is -0.465 e. The normalized spacial score (nSPS) is 10.2.